The van der Waals surface area contributed by atoms with Crippen LogP contribution in [-0.4, -0.2) is 15.9 Å². The van der Waals surface area contributed by atoms with E-state index < -0.39 is 0 Å². The highest BCUT2D eigenvalue weighted by atomic mass is 16.2. The van der Waals surface area contributed by atoms with E-state index in [-0.39, 0.29) is 5.91 Å². The maximum atomic E-state index is 11.3. The van der Waals surface area contributed by atoms with Gasteiger partial charge < -0.3 is 0 Å². The summed E-state index contributed by atoms with van der Waals surface area (Å²) < 4.78 is 0. The van der Waals surface area contributed by atoms with Crippen LogP contribution in [0.2, 0.25) is 0 Å². The van der Waals surface area contributed by atoms with Crippen LogP contribution in [0.1, 0.15) is 5.56 Å². The predicted octanol–water partition coefficient (Wildman–Crippen LogP) is 1.96. The van der Waals surface area contributed by atoms with E-state index >= 15 is 0 Å². The lowest BCUT2D eigenvalue weighted by molar-refractivity contribution is -0.112. The van der Waals surface area contributed by atoms with Crippen LogP contribution in [0.5, 0.6) is 0 Å². The number of benzene rings is 1. The third-order valence-corrected chi connectivity index (χ3v) is 2.35. The molecular formula is C11H6N4O. The van der Waals surface area contributed by atoms with Gasteiger partial charge in [-0.25, -0.2) is 0 Å². The zero-order chi connectivity index (χ0) is 11.0. The fraction of sp³-hybridized carbons (Fsp3) is 0. The molecule has 3 rings (SSSR count). The SMILES string of the molecule is O=C1N=NC=C1c1ccc2nccnc2c1. The predicted molar refractivity (Wildman–Crippen MR) is 57.4 cm³/mol. The fourth-order valence-electron chi connectivity index (χ4n) is 1.58. The first kappa shape index (κ1) is 8.84. The molecule has 0 spiro atoms. The smallest absolute Gasteiger partial charge is 0.265 e. The minimum atomic E-state index is -0.316. The van der Waals surface area contributed by atoms with Crippen molar-refractivity contribution < 1.29 is 4.79 Å². The number of amides is 1. The van der Waals surface area contributed by atoms with Gasteiger partial charge in [0.15, 0.2) is 0 Å². The zero-order valence-electron chi connectivity index (χ0n) is 8.16. The Balaban J connectivity index is 2.16. The molecule has 2 aromatic rings. The first-order valence-electron chi connectivity index (χ1n) is 4.71. The van der Waals surface area contributed by atoms with Crippen LogP contribution < -0.4 is 0 Å². The number of hydrogen-bond acceptors (Lipinski definition) is 4. The molecule has 0 aliphatic carbocycles. The number of aromatic nitrogens is 2. The first-order valence-corrected chi connectivity index (χ1v) is 4.71. The minimum Gasteiger partial charge on any atom is -0.265 e. The number of carbonyl (C=O) groups is 1. The van der Waals surface area contributed by atoms with E-state index in [9.17, 15) is 4.79 Å². The largest absolute Gasteiger partial charge is 0.297 e. The molecule has 1 aliphatic heterocycles. The van der Waals surface area contributed by atoms with Crippen molar-refractivity contribution in [3.63, 3.8) is 0 Å². The van der Waals surface area contributed by atoms with Crippen molar-refractivity contribution in [1.29, 1.82) is 0 Å². The number of hydrogen-bond donors (Lipinski definition) is 0. The van der Waals surface area contributed by atoms with Crippen LogP contribution in [0, 0.1) is 0 Å². The van der Waals surface area contributed by atoms with Crippen molar-refractivity contribution in [3.8, 4) is 0 Å². The van der Waals surface area contributed by atoms with Crippen molar-refractivity contribution in [1.82, 2.24) is 9.97 Å². The summed E-state index contributed by atoms with van der Waals surface area (Å²) in [5.41, 5.74) is 2.81. The molecule has 5 nitrogen and oxygen atoms in total. The van der Waals surface area contributed by atoms with Crippen LogP contribution >= 0.6 is 0 Å². The van der Waals surface area contributed by atoms with Gasteiger partial charge >= 0.3 is 0 Å². The van der Waals surface area contributed by atoms with E-state index in [1.54, 1.807) is 12.4 Å². The van der Waals surface area contributed by atoms with E-state index in [0.29, 0.717) is 5.57 Å². The van der Waals surface area contributed by atoms with Gasteiger partial charge in [-0.15, -0.1) is 5.11 Å². The number of carbonyl (C=O) groups excluding carboxylic acids is 1. The molecule has 0 saturated carbocycles. The van der Waals surface area contributed by atoms with E-state index in [1.165, 1.54) is 6.20 Å². The van der Waals surface area contributed by atoms with Gasteiger partial charge in [0, 0.05) is 12.4 Å². The number of nitrogens with zero attached hydrogens (tertiary/aromatic N) is 4. The van der Waals surface area contributed by atoms with Gasteiger partial charge in [-0.05, 0) is 17.7 Å². The maximum absolute atomic E-state index is 11.3. The van der Waals surface area contributed by atoms with E-state index in [0.717, 1.165) is 16.6 Å². The molecule has 0 N–H and O–H groups in total. The zero-order valence-corrected chi connectivity index (χ0v) is 8.16. The van der Waals surface area contributed by atoms with Crippen LogP contribution in [0.25, 0.3) is 16.6 Å². The van der Waals surface area contributed by atoms with Gasteiger partial charge in [0.1, 0.15) is 0 Å². The van der Waals surface area contributed by atoms with Crippen LogP contribution in [0.3, 0.4) is 0 Å². The summed E-state index contributed by atoms with van der Waals surface area (Å²) in [7, 11) is 0. The topological polar surface area (TPSA) is 67.6 Å². The normalized spacial score (nSPS) is 14.5. The van der Waals surface area contributed by atoms with Crippen molar-refractivity contribution in [2.24, 2.45) is 10.2 Å². The average Bonchev–Trinajstić information content (AvgIpc) is 2.75. The molecule has 0 bridgehead atoms. The maximum Gasteiger partial charge on any atom is 0.297 e. The lowest BCUT2D eigenvalue weighted by Crippen LogP contribution is -1.94. The van der Waals surface area contributed by atoms with E-state index in [4.69, 9.17) is 0 Å². The van der Waals surface area contributed by atoms with Gasteiger partial charge in [-0.2, -0.15) is 5.11 Å². The molecule has 1 aliphatic rings. The quantitative estimate of drug-likeness (QED) is 0.722. The third kappa shape index (κ3) is 1.30. The Morgan fingerprint density at radius 2 is 1.81 bits per heavy atom. The fourth-order valence-corrected chi connectivity index (χ4v) is 1.58. The minimum absolute atomic E-state index is 0.316. The molecule has 0 atom stereocenters. The summed E-state index contributed by atoms with van der Waals surface area (Å²) in [5.74, 6) is -0.316. The summed E-state index contributed by atoms with van der Waals surface area (Å²) in [4.78, 5) is 19.7. The third-order valence-electron chi connectivity index (χ3n) is 2.35. The highest BCUT2D eigenvalue weighted by Gasteiger charge is 2.15. The Hall–Kier alpha value is -2.43. The van der Waals surface area contributed by atoms with Crippen LogP contribution in [0.15, 0.2) is 47.0 Å². The summed E-state index contributed by atoms with van der Waals surface area (Å²) in [6, 6.07) is 5.45. The lowest BCUT2D eigenvalue weighted by Gasteiger charge is -2.00. The average molecular weight is 210 g/mol. The van der Waals surface area contributed by atoms with Gasteiger partial charge in [0.05, 0.1) is 22.8 Å². The second kappa shape index (κ2) is 3.30. The molecule has 0 fully saturated rings. The monoisotopic (exact) mass is 210 g/mol. The highest BCUT2D eigenvalue weighted by Crippen LogP contribution is 2.22. The Morgan fingerprint density at radius 1 is 1.00 bits per heavy atom. The molecule has 1 aromatic heterocycles. The molecule has 0 unspecified atom stereocenters. The summed E-state index contributed by atoms with van der Waals surface area (Å²) in [5, 5.41) is 7.01. The Bertz CT molecular complexity index is 645. The summed E-state index contributed by atoms with van der Waals surface area (Å²) in [6.45, 7) is 0. The van der Waals surface area contributed by atoms with Crippen molar-refractivity contribution in [2.45, 2.75) is 0 Å². The molecule has 1 amide bonds. The van der Waals surface area contributed by atoms with Crippen molar-refractivity contribution in [2.75, 3.05) is 0 Å². The van der Waals surface area contributed by atoms with Gasteiger partial charge in [0.2, 0.25) is 0 Å². The number of fused-ring (bicyclic) bond motifs is 1. The molecule has 0 radical (unpaired) electrons. The first-order chi connectivity index (χ1) is 7.84. The van der Waals surface area contributed by atoms with Crippen molar-refractivity contribution >= 4 is 22.5 Å². The highest BCUT2D eigenvalue weighted by molar-refractivity contribution is 6.21. The molecule has 5 heteroatoms. The second-order valence-corrected chi connectivity index (χ2v) is 3.32. The molecule has 76 valence electrons. The molecule has 0 saturated heterocycles. The van der Waals surface area contributed by atoms with E-state index in [2.05, 4.69) is 20.2 Å². The van der Waals surface area contributed by atoms with E-state index in [1.807, 2.05) is 18.2 Å². The standard InChI is InChI=1S/C11H6N4O/c16-11-8(6-14-15-11)7-1-2-9-10(5-7)13-4-3-12-9/h1-6H. The van der Waals surface area contributed by atoms with Crippen molar-refractivity contribution in [3.05, 3.63) is 42.4 Å². The Morgan fingerprint density at radius 3 is 2.56 bits per heavy atom. The Labute approximate surface area is 90.6 Å². The summed E-state index contributed by atoms with van der Waals surface area (Å²) >= 11 is 0. The molecule has 2 heterocycles. The lowest BCUT2D eigenvalue weighted by atomic mass is 10.1. The molecule has 1 aromatic carbocycles. The number of azo groups is 1. The second-order valence-electron chi connectivity index (χ2n) is 3.32. The van der Waals surface area contributed by atoms with Crippen LogP contribution in [0.4, 0.5) is 0 Å². The summed E-state index contributed by atoms with van der Waals surface area (Å²) in [6.07, 6.45) is 4.71. The number of rotatable bonds is 1. The van der Waals surface area contributed by atoms with Gasteiger partial charge in [-0.3, -0.25) is 14.8 Å². The molecular weight excluding hydrogens is 204 g/mol. The van der Waals surface area contributed by atoms with Gasteiger partial charge in [-0.1, -0.05) is 6.07 Å². The van der Waals surface area contributed by atoms with Gasteiger partial charge in [0.25, 0.3) is 5.91 Å². The van der Waals surface area contributed by atoms with Crippen LogP contribution in [-0.2, 0) is 4.79 Å². The Kier molecular flexibility index (Phi) is 1.83. The molecule has 16 heavy (non-hydrogen) atoms.